The standard InChI is InChI=1S/C32H46N2O3/c1-3-5-6-14-17-28-18-20-29(21-19-28)33-34-30-22-24-31(25-23-30)36-26-15-12-10-8-7-9-11-13-16-27-37-32(35)4-2/h4,18-25H,2-3,5-17,26-27H2,1H3. The first-order valence-electron chi connectivity index (χ1n) is 14.2. The smallest absolute Gasteiger partial charge is 0.330 e. The van der Waals surface area contributed by atoms with E-state index in [0.717, 1.165) is 49.4 Å². The summed E-state index contributed by atoms with van der Waals surface area (Å²) in [5.74, 6) is 0.554. The lowest BCUT2D eigenvalue weighted by Gasteiger charge is -2.06. The zero-order valence-electron chi connectivity index (χ0n) is 22.8. The van der Waals surface area contributed by atoms with Gasteiger partial charge in [-0.25, -0.2) is 4.79 Å². The molecule has 0 heterocycles. The summed E-state index contributed by atoms with van der Waals surface area (Å²) in [6.45, 7) is 6.88. The number of unbranched alkanes of at least 4 members (excludes halogenated alkanes) is 11. The molecule has 0 N–H and O–H groups in total. The summed E-state index contributed by atoms with van der Waals surface area (Å²) in [5, 5.41) is 8.72. The minimum absolute atomic E-state index is 0.326. The van der Waals surface area contributed by atoms with Gasteiger partial charge in [0.25, 0.3) is 0 Å². The summed E-state index contributed by atoms with van der Waals surface area (Å²) in [6, 6.07) is 16.2. The molecule has 0 amide bonds. The van der Waals surface area contributed by atoms with Crippen LogP contribution in [-0.4, -0.2) is 19.2 Å². The number of benzene rings is 2. The fourth-order valence-electron chi connectivity index (χ4n) is 4.07. The highest BCUT2D eigenvalue weighted by Gasteiger charge is 1.99. The van der Waals surface area contributed by atoms with Crippen LogP contribution in [0.1, 0.15) is 96.0 Å². The molecule has 0 saturated carbocycles. The van der Waals surface area contributed by atoms with Crippen LogP contribution in [0.2, 0.25) is 0 Å². The second kappa shape index (κ2) is 20.1. The van der Waals surface area contributed by atoms with E-state index in [-0.39, 0.29) is 5.97 Å². The topological polar surface area (TPSA) is 60.2 Å². The first-order chi connectivity index (χ1) is 18.2. The Morgan fingerprint density at radius 2 is 1.22 bits per heavy atom. The monoisotopic (exact) mass is 506 g/mol. The van der Waals surface area contributed by atoms with Gasteiger partial charge in [0, 0.05) is 6.08 Å². The Hall–Kier alpha value is -2.95. The highest BCUT2D eigenvalue weighted by molar-refractivity contribution is 5.81. The van der Waals surface area contributed by atoms with Crippen LogP contribution in [0.5, 0.6) is 5.75 Å². The van der Waals surface area contributed by atoms with Gasteiger partial charge < -0.3 is 9.47 Å². The molecule has 0 spiro atoms. The van der Waals surface area contributed by atoms with E-state index < -0.39 is 0 Å². The van der Waals surface area contributed by atoms with E-state index in [4.69, 9.17) is 9.47 Å². The average molecular weight is 507 g/mol. The molecular formula is C32H46N2O3. The van der Waals surface area contributed by atoms with Gasteiger partial charge in [0.1, 0.15) is 5.75 Å². The van der Waals surface area contributed by atoms with Crippen molar-refractivity contribution in [3.8, 4) is 5.75 Å². The third-order valence-corrected chi connectivity index (χ3v) is 6.34. The van der Waals surface area contributed by atoms with Gasteiger partial charge in [-0.1, -0.05) is 89.8 Å². The van der Waals surface area contributed by atoms with Crippen molar-refractivity contribution in [2.75, 3.05) is 13.2 Å². The number of nitrogens with zero attached hydrogens (tertiary/aromatic N) is 2. The molecule has 0 bridgehead atoms. The number of ether oxygens (including phenoxy) is 2. The normalized spacial score (nSPS) is 11.1. The maximum Gasteiger partial charge on any atom is 0.330 e. The van der Waals surface area contributed by atoms with Crippen molar-refractivity contribution in [1.82, 2.24) is 0 Å². The molecule has 2 aromatic carbocycles. The van der Waals surface area contributed by atoms with Crippen molar-refractivity contribution in [3.05, 3.63) is 66.7 Å². The molecule has 0 saturated heterocycles. The van der Waals surface area contributed by atoms with Gasteiger partial charge in [-0.05, 0) is 67.6 Å². The number of carbonyl (C=O) groups excluding carboxylic acids is 1. The van der Waals surface area contributed by atoms with E-state index in [1.54, 1.807) is 0 Å². The van der Waals surface area contributed by atoms with Crippen LogP contribution in [-0.2, 0) is 16.0 Å². The number of hydrogen-bond donors (Lipinski definition) is 0. The largest absolute Gasteiger partial charge is 0.494 e. The van der Waals surface area contributed by atoms with Crippen LogP contribution in [0.15, 0.2) is 71.4 Å². The van der Waals surface area contributed by atoms with Crippen LogP contribution < -0.4 is 4.74 Å². The lowest BCUT2D eigenvalue weighted by atomic mass is 10.1. The predicted molar refractivity (Wildman–Crippen MR) is 153 cm³/mol. The summed E-state index contributed by atoms with van der Waals surface area (Å²) in [4.78, 5) is 10.9. The number of hydrogen-bond acceptors (Lipinski definition) is 5. The summed E-state index contributed by atoms with van der Waals surface area (Å²) in [6.07, 6.45) is 18.1. The Balaban J connectivity index is 1.49. The van der Waals surface area contributed by atoms with E-state index in [9.17, 15) is 4.79 Å². The molecular weight excluding hydrogens is 460 g/mol. The van der Waals surface area contributed by atoms with Crippen molar-refractivity contribution in [1.29, 1.82) is 0 Å². The van der Waals surface area contributed by atoms with Gasteiger partial charge in [0.15, 0.2) is 0 Å². The molecule has 0 atom stereocenters. The lowest BCUT2D eigenvalue weighted by Crippen LogP contribution is -2.01. The summed E-state index contributed by atoms with van der Waals surface area (Å²) in [5.41, 5.74) is 3.08. The number of carbonyl (C=O) groups is 1. The maximum atomic E-state index is 10.9. The summed E-state index contributed by atoms with van der Waals surface area (Å²) >= 11 is 0. The molecule has 0 aromatic heterocycles. The van der Waals surface area contributed by atoms with Crippen molar-refractivity contribution < 1.29 is 14.3 Å². The molecule has 0 aliphatic rings. The number of esters is 1. The molecule has 2 aromatic rings. The minimum atomic E-state index is -0.326. The average Bonchev–Trinajstić information content (AvgIpc) is 2.93. The molecule has 202 valence electrons. The van der Waals surface area contributed by atoms with E-state index in [1.165, 1.54) is 75.8 Å². The quantitative estimate of drug-likeness (QED) is 0.0732. The second-order valence-corrected chi connectivity index (χ2v) is 9.57. The fraction of sp³-hybridized carbons (Fsp3) is 0.531. The molecule has 37 heavy (non-hydrogen) atoms. The van der Waals surface area contributed by atoms with Gasteiger partial charge in [0.2, 0.25) is 0 Å². The zero-order chi connectivity index (χ0) is 26.4. The molecule has 0 fully saturated rings. The lowest BCUT2D eigenvalue weighted by molar-refractivity contribution is -0.137. The van der Waals surface area contributed by atoms with Crippen LogP contribution in [0, 0.1) is 0 Å². The van der Waals surface area contributed by atoms with Crippen molar-refractivity contribution in [2.45, 2.75) is 96.8 Å². The summed E-state index contributed by atoms with van der Waals surface area (Å²) in [7, 11) is 0. The van der Waals surface area contributed by atoms with Crippen LogP contribution in [0.4, 0.5) is 11.4 Å². The van der Waals surface area contributed by atoms with Crippen molar-refractivity contribution in [3.63, 3.8) is 0 Å². The minimum Gasteiger partial charge on any atom is -0.494 e. The van der Waals surface area contributed by atoms with E-state index >= 15 is 0 Å². The van der Waals surface area contributed by atoms with E-state index in [0.29, 0.717) is 6.61 Å². The number of azo groups is 1. The molecule has 2 rings (SSSR count). The molecule has 0 aliphatic carbocycles. The SMILES string of the molecule is C=CC(=O)OCCCCCCCCCCCOc1ccc(N=Nc2ccc(CCCCCC)cc2)cc1. The van der Waals surface area contributed by atoms with E-state index in [1.807, 2.05) is 36.4 Å². The third kappa shape index (κ3) is 15.0. The van der Waals surface area contributed by atoms with Crippen molar-refractivity contribution in [2.24, 2.45) is 10.2 Å². The number of rotatable bonds is 21. The Morgan fingerprint density at radius 1 is 0.703 bits per heavy atom. The molecule has 0 aliphatic heterocycles. The van der Waals surface area contributed by atoms with Crippen LogP contribution in [0.3, 0.4) is 0 Å². The van der Waals surface area contributed by atoms with Gasteiger partial charge in [-0.15, -0.1) is 0 Å². The Labute approximate surface area is 224 Å². The van der Waals surface area contributed by atoms with Gasteiger partial charge in [-0.2, -0.15) is 10.2 Å². The first-order valence-corrected chi connectivity index (χ1v) is 14.2. The van der Waals surface area contributed by atoms with Gasteiger partial charge in [0.05, 0.1) is 24.6 Å². The second-order valence-electron chi connectivity index (χ2n) is 9.57. The molecule has 0 unspecified atom stereocenters. The molecule has 5 heteroatoms. The third-order valence-electron chi connectivity index (χ3n) is 6.34. The van der Waals surface area contributed by atoms with Crippen LogP contribution in [0.25, 0.3) is 0 Å². The highest BCUT2D eigenvalue weighted by Crippen LogP contribution is 2.22. The Morgan fingerprint density at radius 3 is 1.78 bits per heavy atom. The highest BCUT2D eigenvalue weighted by atomic mass is 16.5. The van der Waals surface area contributed by atoms with Gasteiger partial charge in [-0.3, -0.25) is 0 Å². The predicted octanol–water partition coefficient (Wildman–Crippen LogP) is 9.84. The Kier molecular flexibility index (Phi) is 16.5. The summed E-state index contributed by atoms with van der Waals surface area (Å²) < 4.78 is 10.9. The fourth-order valence-corrected chi connectivity index (χ4v) is 4.07. The first kappa shape index (κ1) is 30.3. The number of aryl methyl sites for hydroxylation is 1. The van der Waals surface area contributed by atoms with Crippen molar-refractivity contribution >= 4 is 17.3 Å². The van der Waals surface area contributed by atoms with Crippen LogP contribution >= 0.6 is 0 Å². The zero-order valence-corrected chi connectivity index (χ0v) is 22.8. The molecule has 5 nitrogen and oxygen atoms in total. The van der Waals surface area contributed by atoms with Gasteiger partial charge >= 0.3 is 5.97 Å². The maximum absolute atomic E-state index is 10.9. The Bertz CT molecular complexity index is 891. The molecule has 0 radical (unpaired) electrons. The van der Waals surface area contributed by atoms with E-state index in [2.05, 4.69) is 35.9 Å².